The predicted molar refractivity (Wildman–Crippen MR) is 99.5 cm³/mol. The topological polar surface area (TPSA) is 77.6 Å². The molecular weight excluding hydrogens is 330 g/mol. The number of primary amides is 1. The molecule has 2 N–H and O–H groups in total. The fourth-order valence-electron chi connectivity index (χ4n) is 3.71. The number of hydrogen-bond acceptors (Lipinski definition) is 3. The van der Waals surface area contributed by atoms with Gasteiger partial charge in [0.05, 0.1) is 18.1 Å². The van der Waals surface area contributed by atoms with Crippen LogP contribution in [0.1, 0.15) is 16.1 Å². The summed E-state index contributed by atoms with van der Waals surface area (Å²) in [6, 6.07) is 11.9. The first kappa shape index (κ1) is 18.2. The molecule has 1 aliphatic heterocycles. The largest absolute Gasteiger partial charge is 0.384 e. The fourth-order valence-corrected chi connectivity index (χ4v) is 3.71. The molecule has 1 aromatic carbocycles. The molecule has 1 fully saturated rings. The van der Waals surface area contributed by atoms with Crippen LogP contribution in [0.2, 0.25) is 0 Å². The number of methoxy groups -OCH3 is 1. The molecule has 2 amide bonds. The van der Waals surface area contributed by atoms with Crippen molar-refractivity contribution in [3.63, 3.8) is 0 Å². The van der Waals surface area contributed by atoms with Crippen LogP contribution in [0.15, 0.2) is 36.4 Å². The standard InChI is InChI=1S/C20H25N3O3/c1-13-16(9-18(22(13)2)14-7-5-4-6-8-14)20(25)23-10-15(12-26-3)17(11-23)19(21)24/h4-9,15,17H,10-12H2,1-3H3,(H2,21,24). The molecule has 0 aliphatic carbocycles. The zero-order chi connectivity index (χ0) is 18.8. The van der Waals surface area contributed by atoms with Crippen molar-refractivity contribution in [2.75, 3.05) is 26.8 Å². The van der Waals surface area contributed by atoms with Crippen molar-refractivity contribution in [3.8, 4) is 11.3 Å². The molecule has 1 saturated heterocycles. The molecule has 2 unspecified atom stereocenters. The summed E-state index contributed by atoms with van der Waals surface area (Å²) in [5.41, 5.74) is 9.13. The van der Waals surface area contributed by atoms with Gasteiger partial charge in [0.15, 0.2) is 0 Å². The second kappa shape index (κ2) is 7.33. The van der Waals surface area contributed by atoms with Gasteiger partial charge in [0, 0.05) is 44.6 Å². The lowest BCUT2D eigenvalue weighted by Crippen LogP contribution is -2.32. The lowest BCUT2D eigenvalue weighted by molar-refractivity contribution is -0.122. The Labute approximate surface area is 153 Å². The van der Waals surface area contributed by atoms with E-state index in [2.05, 4.69) is 0 Å². The van der Waals surface area contributed by atoms with Crippen LogP contribution < -0.4 is 5.73 Å². The van der Waals surface area contributed by atoms with Gasteiger partial charge in [-0.2, -0.15) is 0 Å². The van der Waals surface area contributed by atoms with Gasteiger partial charge >= 0.3 is 0 Å². The molecule has 2 aromatic rings. The number of carbonyl (C=O) groups is 2. The summed E-state index contributed by atoms with van der Waals surface area (Å²) < 4.78 is 7.22. The Kier molecular flexibility index (Phi) is 5.13. The number of nitrogens with two attached hydrogens (primary N) is 1. The Bertz CT molecular complexity index is 813. The Hall–Kier alpha value is -2.60. The molecule has 1 aromatic heterocycles. The lowest BCUT2D eigenvalue weighted by Gasteiger charge is -2.16. The van der Waals surface area contributed by atoms with Crippen LogP contribution >= 0.6 is 0 Å². The molecule has 3 rings (SSSR count). The summed E-state index contributed by atoms with van der Waals surface area (Å²) in [6.07, 6.45) is 0. The zero-order valence-corrected chi connectivity index (χ0v) is 15.4. The quantitative estimate of drug-likeness (QED) is 0.889. The minimum absolute atomic E-state index is 0.0564. The van der Waals surface area contributed by atoms with Crippen LogP contribution in [0.25, 0.3) is 11.3 Å². The monoisotopic (exact) mass is 355 g/mol. The van der Waals surface area contributed by atoms with E-state index >= 15 is 0 Å². The van der Waals surface area contributed by atoms with Gasteiger partial charge in [0.25, 0.3) is 5.91 Å². The van der Waals surface area contributed by atoms with E-state index in [0.717, 1.165) is 17.0 Å². The molecule has 138 valence electrons. The minimum Gasteiger partial charge on any atom is -0.384 e. The Balaban J connectivity index is 1.88. The molecule has 6 heteroatoms. The summed E-state index contributed by atoms with van der Waals surface area (Å²) in [7, 11) is 3.55. The number of rotatable bonds is 5. The van der Waals surface area contributed by atoms with Gasteiger partial charge in [-0.1, -0.05) is 30.3 Å². The van der Waals surface area contributed by atoms with Crippen LogP contribution in [-0.2, 0) is 16.6 Å². The third kappa shape index (κ3) is 3.24. The number of aromatic nitrogens is 1. The summed E-state index contributed by atoms with van der Waals surface area (Å²) in [6.45, 7) is 3.18. The molecule has 1 aliphatic rings. The smallest absolute Gasteiger partial charge is 0.255 e. The van der Waals surface area contributed by atoms with Crippen molar-refractivity contribution in [3.05, 3.63) is 47.7 Å². The van der Waals surface area contributed by atoms with E-state index in [4.69, 9.17) is 10.5 Å². The van der Waals surface area contributed by atoms with Gasteiger partial charge in [0.2, 0.25) is 5.91 Å². The van der Waals surface area contributed by atoms with Crippen LogP contribution in [0.3, 0.4) is 0 Å². The van der Waals surface area contributed by atoms with Crippen LogP contribution in [-0.4, -0.2) is 48.1 Å². The maximum atomic E-state index is 13.1. The fraction of sp³-hybridized carbons (Fsp3) is 0.400. The maximum absolute atomic E-state index is 13.1. The number of likely N-dealkylation sites (tertiary alicyclic amines) is 1. The molecule has 6 nitrogen and oxygen atoms in total. The van der Waals surface area contributed by atoms with Gasteiger partial charge in [-0.15, -0.1) is 0 Å². The number of benzene rings is 1. The molecule has 0 spiro atoms. The SMILES string of the molecule is COCC1CN(C(=O)c2cc(-c3ccccc3)n(C)c2C)CC1C(N)=O. The van der Waals surface area contributed by atoms with Crippen LogP contribution in [0.5, 0.6) is 0 Å². The van der Waals surface area contributed by atoms with Crippen molar-refractivity contribution in [2.45, 2.75) is 6.92 Å². The Morgan fingerprint density at radius 1 is 1.23 bits per heavy atom. The Morgan fingerprint density at radius 3 is 2.54 bits per heavy atom. The second-order valence-electron chi connectivity index (χ2n) is 6.89. The van der Waals surface area contributed by atoms with Gasteiger partial charge in [-0.25, -0.2) is 0 Å². The molecule has 0 radical (unpaired) electrons. The Morgan fingerprint density at radius 2 is 1.92 bits per heavy atom. The second-order valence-corrected chi connectivity index (χ2v) is 6.89. The van der Waals surface area contributed by atoms with Crippen molar-refractivity contribution in [1.82, 2.24) is 9.47 Å². The van der Waals surface area contributed by atoms with E-state index in [1.165, 1.54) is 0 Å². The third-order valence-electron chi connectivity index (χ3n) is 5.31. The highest BCUT2D eigenvalue weighted by atomic mass is 16.5. The van der Waals surface area contributed by atoms with E-state index in [0.29, 0.717) is 25.3 Å². The first-order valence-corrected chi connectivity index (χ1v) is 8.73. The van der Waals surface area contributed by atoms with Crippen molar-refractivity contribution in [2.24, 2.45) is 24.6 Å². The van der Waals surface area contributed by atoms with E-state index in [1.54, 1.807) is 12.0 Å². The van der Waals surface area contributed by atoms with Gasteiger partial charge in [-0.3, -0.25) is 9.59 Å². The predicted octanol–water partition coefficient (Wildman–Crippen LogP) is 1.82. The minimum atomic E-state index is -0.378. The summed E-state index contributed by atoms with van der Waals surface area (Å²) in [5.74, 6) is -0.863. The van der Waals surface area contributed by atoms with Crippen molar-refractivity contribution in [1.29, 1.82) is 0 Å². The molecule has 2 atom stereocenters. The van der Waals surface area contributed by atoms with Gasteiger partial charge in [-0.05, 0) is 18.6 Å². The highest BCUT2D eigenvalue weighted by molar-refractivity contribution is 5.97. The van der Waals surface area contributed by atoms with E-state index in [-0.39, 0.29) is 23.7 Å². The summed E-state index contributed by atoms with van der Waals surface area (Å²) in [4.78, 5) is 26.5. The van der Waals surface area contributed by atoms with Gasteiger partial charge in [0.1, 0.15) is 0 Å². The zero-order valence-electron chi connectivity index (χ0n) is 15.4. The number of carbonyl (C=O) groups excluding carboxylic acids is 2. The van der Waals surface area contributed by atoms with Crippen LogP contribution in [0.4, 0.5) is 0 Å². The number of nitrogens with zero attached hydrogens (tertiary/aromatic N) is 2. The highest BCUT2D eigenvalue weighted by Gasteiger charge is 2.39. The molecular formula is C20H25N3O3. The average molecular weight is 355 g/mol. The van der Waals surface area contributed by atoms with Gasteiger partial charge < -0.3 is 19.9 Å². The van der Waals surface area contributed by atoms with E-state index in [9.17, 15) is 9.59 Å². The molecule has 0 bridgehead atoms. The normalized spacial score (nSPS) is 19.7. The number of hydrogen-bond donors (Lipinski definition) is 1. The third-order valence-corrected chi connectivity index (χ3v) is 5.31. The molecule has 0 saturated carbocycles. The molecule has 2 heterocycles. The number of ether oxygens (including phenoxy) is 1. The lowest BCUT2D eigenvalue weighted by atomic mass is 9.96. The van der Waals surface area contributed by atoms with Crippen molar-refractivity contribution >= 4 is 11.8 Å². The first-order valence-electron chi connectivity index (χ1n) is 8.73. The van der Waals surface area contributed by atoms with E-state index in [1.807, 2.05) is 54.9 Å². The highest BCUT2D eigenvalue weighted by Crippen LogP contribution is 2.29. The summed E-state index contributed by atoms with van der Waals surface area (Å²) in [5, 5.41) is 0. The van der Waals surface area contributed by atoms with E-state index < -0.39 is 0 Å². The number of amides is 2. The van der Waals surface area contributed by atoms with Crippen molar-refractivity contribution < 1.29 is 14.3 Å². The maximum Gasteiger partial charge on any atom is 0.255 e. The summed E-state index contributed by atoms with van der Waals surface area (Å²) >= 11 is 0. The molecule has 26 heavy (non-hydrogen) atoms. The first-order chi connectivity index (χ1) is 12.4. The average Bonchev–Trinajstić information content (AvgIpc) is 3.18. The van der Waals surface area contributed by atoms with Crippen LogP contribution in [0, 0.1) is 18.8 Å².